The van der Waals surface area contributed by atoms with Gasteiger partial charge in [-0.3, -0.25) is 0 Å². The Labute approximate surface area is 108 Å². The number of hydrogen-bond acceptors (Lipinski definition) is 4. The van der Waals surface area contributed by atoms with Crippen LogP contribution in [0.2, 0.25) is 0 Å². The Morgan fingerprint density at radius 2 is 1.83 bits per heavy atom. The lowest BCUT2D eigenvalue weighted by Crippen LogP contribution is -2.18. The third kappa shape index (κ3) is 3.28. The van der Waals surface area contributed by atoms with Gasteiger partial charge in [0.05, 0.1) is 5.69 Å². The van der Waals surface area contributed by atoms with E-state index >= 15 is 0 Å². The number of nitrogens with zero attached hydrogens (tertiary/aromatic N) is 3. The largest absolute Gasteiger partial charge is 0.354 e. The molecular formula is C14H18N4. The molecule has 0 spiro atoms. The molecule has 0 aliphatic rings. The highest BCUT2D eigenvalue weighted by molar-refractivity contribution is 5.37. The second-order valence-corrected chi connectivity index (χ2v) is 4.25. The van der Waals surface area contributed by atoms with E-state index < -0.39 is 0 Å². The Bertz CT molecular complexity index is 467. The number of nitrogens with one attached hydrogen (secondary N) is 1. The predicted molar refractivity (Wildman–Crippen MR) is 73.3 cm³/mol. The molecular weight excluding hydrogens is 224 g/mol. The number of anilines is 1. The van der Waals surface area contributed by atoms with Gasteiger partial charge in [-0.2, -0.15) is 5.10 Å². The van der Waals surface area contributed by atoms with Crippen LogP contribution in [0.15, 0.2) is 42.5 Å². The van der Waals surface area contributed by atoms with Gasteiger partial charge in [0.2, 0.25) is 0 Å². The van der Waals surface area contributed by atoms with Crippen LogP contribution in [0.4, 0.5) is 5.82 Å². The minimum absolute atomic E-state index is 0.746. The summed E-state index contributed by atoms with van der Waals surface area (Å²) in [6, 6.07) is 14.3. The van der Waals surface area contributed by atoms with Gasteiger partial charge in [-0.1, -0.05) is 30.3 Å². The number of aromatic nitrogens is 2. The fourth-order valence-corrected chi connectivity index (χ4v) is 1.77. The van der Waals surface area contributed by atoms with Crippen molar-refractivity contribution < 1.29 is 0 Å². The first kappa shape index (κ1) is 12.5. The summed E-state index contributed by atoms with van der Waals surface area (Å²) in [7, 11) is 3.92. The van der Waals surface area contributed by atoms with Crippen LogP contribution >= 0.6 is 0 Å². The summed E-state index contributed by atoms with van der Waals surface area (Å²) in [5, 5.41) is 11.5. The van der Waals surface area contributed by atoms with Gasteiger partial charge in [-0.15, -0.1) is 5.10 Å². The van der Waals surface area contributed by atoms with E-state index in [1.807, 2.05) is 44.4 Å². The Morgan fingerprint density at radius 1 is 1.06 bits per heavy atom. The van der Waals surface area contributed by atoms with E-state index in [1.54, 1.807) is 0 Å². The molecule has 2 aromatic rings. The normalized spacial score (nSPS) is 10.3. The zero-order valence-electron chi connectivity index (χ0n) is 10.8. The molecule has 0 aliphatic carbocycles. The molecule has 1 N–H and O–H groups in total. The molecule has 0 radical (unpaired) electrons. The van der Waals surface area contributed by atoms with Crippen molar-refractivity contribution in [2.45, 2.75) is 13.1 Å². The molecule has 0 fully saturated rings. The maximum atomic E-state index is 4.23. The first-order valence-corrected chi connectivity index (χ1v) is 6.02. The maximum Gasteiger partial charge on any atom is 0.151 e. The van der Waals surface area contributed by atoms with Crippen molar-refractivity contribution in [3.05, 3.63) is 53.7 Å². The van der Waals surface area contributed by atoms with Gasteiger partial charge >= 0.3 is 0 Å². The Kier molecular flexibility index (Phi) is 4.25. The molecule has 0 unspecified atom stereocenters. The van der Waals surface area contributed by atoms with Gasteiger partial charge in [0.15, 0.2) is 5.82 Å². The van der Waals surface area contributed by atoms with E-state index in [2.05, 4.69) is 32.5 Å². The Hall–Kier alpha value is -1.94. The van der Waals surface area contributed by atoms with Crippen LogP contribution in [0.1, 0.15) is 11.3 Å². The summed E-state index contributed by atoms with van der Waals surface area (Å²) in [6.07, 6.45) is 0. The van der Waals surface area contributed by atoms with Crippen molar-refractivity contribution in [3.8, 4) is 0 Å². The first-order valence-electron chi connectivity index (χ1n) is 6.02. The van der Waals surface area contributed by atoms with E-state index in [4.69, 9.17) is 0 Å². The average Bonchev–Trinajstić information content (AvgIpc) is 2.41. The maximum absolute atomic E-state index is 4.23. The molecule has 0 aliphatic heterocycles. The topological polar surface area (TPSA) is 41.0 Å². The molecule has 1 aromatic carbocycles. The quantitative estimate of drug-likeness (QED) is 0.868. The molecule has 0 saturated heterocycles. The summed E-state index contributed by atoms with van der Waals surface area (Å²) in [5.41, 5.74) is 2.22. The second-order valence-electron chi connectivity index (χ2n) is 4.25. The fraction of sp³-hybridized carbons (Fsp3) is 0.286. The van der Waals surface area contributed by atoms with Crippen molar-refractivity contribution in [1.82, 2.24) is 15.5 Å². The molecule has 2 rings (SSSR count). The molecule has 0 saturated carbocycles. The van der Waals surface area contributed by atoms with Crippen LogP contribution in [0.5, 0.6) is 0 Å². The van der Waals surface area contributed by atoms with E-state index in [-0.39, 0.29) is 0 Å². The van der Waals surface area contributed by atoms with Crippen LogP contribution in [0.3, 0.4) is 0 Å². The summed E-state index contributed by atoms with van der Waals surface area (Å²) >= 11 is 0. The van der Waals surface area contributed by atoms with Gasteiger partial charge in [0.25, 0.3) is 0 Å². The lowest BCUT2D eigenvalue weighted by molar-refractivity contribution is 0.759. The van der Waals surface area contributed by atoms with Gasteiger partial charge in [0.1, 0.15) is 0 Å². The van der Waals surface area contributed by atoms with Gasteiger partial charge in [0, 0.05) is 20.1 Å². The minimum Gasteiger partial charge on any atom is -0.354 e. The van der Waals surface area contributed by atoms with E-state index in [9.17, 15) is 0 Å². The zero-order valence-corrected chi connectivity index (χ0v) is 10.8. The van der Waals surface area contributed by atoms with E-state index in [1.165, 1.54) is 5.56 Å². The lowest BCUT2D eigenvalue weighted by Gasteiger charge is -2.17. The highest BCUT2D eigenvalue weighted by atomic mass is 15.2. The van der Waals surface area contributed by atoms with Crippen molar-refractivity contribution in [1.29, 1.82) is 0 Å². The van der Waals surface area contributed by atoms with E-state index in [0.29, 0.717) is 0 Å². The number of benzene rings is 1. The highest BCUT2D eigenvalue weighted by Crippen LogP contribution is 2.11. The Morgan fingerprint density at radius 3 is 2.44 bits per heavy atom. The highest BCUT2D eigenvalue weighted by Gasteiger charge is 2.04. The monoisotopic (exact) mass is 242 g/mol. The molecule has 4 nitrogen and oxygen atoms in total. The van der Waals surface area contributed by atoms with Crippen LogP contribution in [0.25, 0.3) is 0 Å². The van der Waals surface area contributed by atoms with Gasteiger partial charge in [-0.05, 0) is 24.7 Å². The summed E-state index contributed by atoms with van der Waals surface area (Å²) in [5.74, 6) is 0.888. The van der Waals surface area contributed by atoms with Crippen molar-refractivity contribution >= 4 is 5.82 Å². The van der Waals surface area contributed by atoms with Gasteiger partial charge < -0.3 is 10.2 Å². The summed E-state index contributed by atoms with van der Waals surface area (Å²) < 4.78 is 0. The fourth-order valence-electron chi connectivity index (χ4n) is 1.77. The Balaban J connectivity index is 2.02. The predicted octanol–water partition coefficient (Wildman–Crippen LogP) is 1.83. The van der Waals surface area contributed by atoms with Crippen molar-refractivity contribution in [3.63, 3.8) is 0 Å². The minimum atomic E-state index is 0.746. The van der Waals surface area contributed by atoms with Crippen molar-refractivity contribution in [2.24, 2.45) is 0 Å². The molecule has 4 heteroatoms. The third-order valence-electron chi connectivity index (χ3n) is 2.72. The first-order chi connectivity index (χ1) is 8.79. The number of hydrogen-bond donors (Lipinski definition) is 1. The van der Waals surface area contributed by atoms with Crippen LogP contribution in [0, 0.1) is 0 Å². The summed E-state index contributed by atoms with van der Waals surface area (Å²) in [6.45, 7) is 1.58. The zero-order chi connectivity index (χ0) is 12.8. The molecule has 0 atom stereocenters. The smallest absolute Gasteiger partial charge is 0.151 e. The van der Waals surface area contributed by atoms with Gasteiger partial charge in [-0.25, -0.2) is 0 Å². The average molecular weight is 242 g/mol. The van der Waals surface area contributed by atoms with Crippen molar-refractivity contribution in [2.75, 3.05) is 19.0 Å². The SMILES string of the molecule is CNCc1ccc(N(C)Cc2ccccc2)nn1. The molecule has 0 bridgehead atoms. The molecule has 94 valence electrons. The van der Waals surface area contributed by atoms with E-state index in [0.717, 1.165) is 24.6 Å². The van der Waals surface area contributed by atoms with Crippen LogP contribution in [-0.4, -0.2) is 24.3 Å². The third-order valence-corrected chi connectivity index (χ3v) is 2.72. The standard InChI is InChI=1S/C14H18N4/c1-15-10-13-8-9-14(17-16-13)18(2)11-12-6-4-3-5-7-12/h3-9,15H,10-11H2,1-2H3. The van der Waals surface area contributed by atoms with Crippen LogP contribution in [-0.2, 0) is 13.1 Å². The molecule has 1 aromatic heterocycles. The molecule has 0 amide bonds. The molecule has 1 heterocycles. The van der Waals surface area contributed by atoms with Crippen LogP contribution < -0.4 is 10.2 Å². The summed E-state index contributed by atoms with van der Waals surface area (Å²) in [4.78, 5) is 2.09. The number of rotatable bonds is 5. The second kappa shape index (κ2) is 6.12. The molecule has 18 heavy (non-hydrogen) atoms. The lowest BCUT2D eigenvalue weighted by atomic mass is 10.2.